The van der Waals surface area contributed by atoms with Gasteiger partial charge in [-0.3, -0.25) is 9.35 Å². The highest BCUT2D eigenvalue weighted by Gasteiger charge is 2.18. The average Bonchev–Trinajstić information content (AvgIpc) is 2.99. The molecule has 1 aromatic carbocycles. The Bertz CT molecular complexity index is 1120. The molecular formula is C21H28N4O4S. The molecule has 0 atom stereocenters. The fourth-order valence-corrected chi connectivity index (χ4v) is 3.06. The molecule has 0 saturated heterocycles. The normalized spacial score (nSPS) is 11.1. The van der Waals surface area contributed by atoms with Crippen LogP contribution in [0.15, 0.2) is 42.6 Å². The van der Waals surface area contributed by atoms with Gasteiger partial charge in [0.1, 0.15) is 5.65 Å². The summed E-state index contributed by atoms with van der Waals surface area (Å²) in [5, 5.41) is 0. The molecule has 30 heavy (non-hydrogen) atoms. The first-order valence-corrected chi connectivity index (χ1v) is 11.0. The van der Waals surface area contributed by atoms with Crippen LogP contribution >= 0.6 is 0 Å². The van der Waals surface area contributed by atoms with Crippen LogP contribution in [0.4, 0.5) is 0 Å². The van der Waals surface area contributed by atoms with Crippen LogP contribution in [0.3, 0.4) is 0 Å². The van der Waals surface area contributed by atoms with E-state index in [1.807, 2.05) is 29.7 Å². The van der Waals surface area contributed by atoms with Crippen molar-refractivity contribution in [1.29, 1.82) is 0 Å². The molecule has 8 nitrogen and oxygen atoms in total. The molecule has 0 aliphatic rings. The average molecular weight is 433 g/mol. The van der Waals surface area contributed by atoms with Crippen LogP contribution < -0.4 is 5.73 Å². The van der Waals surface area contributed by atoms with Gasteiger partial charge in [-0.2, -0.15) is 8.42 Å². The van der Waals surface area contributed by atoms with Crippen molar-refractivity contribution in [2.24, 2.45) is 5.73 Å². The van der Waals surface area contributed by atoms with E-state index in [9.17, 15) is 13.2 Å². The first kappa shape index (κ1) is 23.5. The molecule has 0 spiro atoms. The van der Waals surface area contributed by atoms with Crippen LogP contribution in [0, 0.1) is 13.8 Å². The van der Waals surface area contributed by atoms with E-state index in [-0.39, 0.29) is 18.2 Å². The summed E-state index contributed by atoms with van der Waals surface area (Å²) in [6.45, 7) is 4.08. The third kappa shape index (κ3) is 6.38. The highest BCUT2D eigenvalue weighted by atomic mass is 32.2. The Morgan fingerprint density at radius 2 is 1.70 bits per heavy atom. The summed E-state index contributed by atoms with van der Waals surface area (Å²) in [5.74, 6) is -0.283. The summed E-state index contributed by atoms with van der Waals surface area (Å²) >= 11 is 0. The number of nitrogens with zero attached hydrogens (tertiary/aromatic N) is 3. The van der Waals surface area contributed by atoms with Crippen LogP contribution in [0.2, 0.25) is 0 Å². The molecular weight excluding hydrogens is 404 g/mol. The third-order valence-corrected chi connectivity index (χ3v) is 5.14. The lowest BCUT2D eigenvalue weighted by molar-refractivity contribution is -0.128. The van der Waals surface area contributed by atoms with Crippen LogP contribution in [0.25, 0.3) is 16.9 Å². The minimum absolute atomic E-state index is 0.0289. The molecule has 2 aromatic heterocycles. The number of nitrogens with two attached hydrogens (primary N) is 1. The SMILES string of the molecule is Cc1ccc(-c2nc3ccc(C)cn3c2CC(=O)N(C)C)cc1.NCCS(=O)(=O)O. The van der Waals surface area contributed by atoms with Gasteiger partial charge in [0, 0.05) is 32.4 Å². The molecule has 0 unspecified atom stereocenters. The molecule has 3 aromatic rings. The van der Waals surface area contributed by atoms with Gasteiger partial charge >= 0.3 is 0 Å². The monoisotopic (exact) mass is 432 g/mol. The molecule has 0 fully saturated rings. The number of benzene rings is 1. The number of imidazole rings is 1. The van der Waals surface area contributed by atoms with E-state index in [4.69, 9.17) is 15.3 Å². The number of aryl methyl sites for hydroxylation is 2. The first-order chi connectivity index (χ1) is 14.0. The number of likely N-dealkylation sites (N-methyl/N-ethyl adjacent to an activating group) is 1. The van der Waals surface area contributed by atoms with Gasteiger partial charge in [-0.25, -0.2) is 4.98 Å². The van der Waals surface area contributed by atoms with E-state index in [0.29, 0.717) is 6.42 Å². The number of hydrogen-bond acceptors (Lipinski definition) is 5. The van der Waals surface area contributed by atoms with Crippen molar-refractivity contribution in [2.45, 2.75) is 20.3 Å². The van der Waals surface area contributed by atoms with Crippen molar-refractivity contribution < 1.29 is 17.8 Å². The molecule has 1 amide bonds. The molecule has 0 radical (unpaired) electrons. The molecule has 0 saturated carbocycles. The summed E-state index contributed by atoms with van der Waals surface area (Å²) in [4.78, 5) is 18.6. The van der Waals surface area contributed by atoms with Crippen LogP contribution in [0.5, 0.6) is 0 Å². The number of carbonyl (C=O) groups excluding carboxylic acids is 1. The number of fused-ring (bicyclic) bond motifs is 1. The fraction of sp³-hybridized carbons (Fsp3) is 0.333. The van der Waals surface area contributed by atoms with Gasteiger partial charge in [-0.15, -0.1) is 0 Å². The maximum absolute atomic E-state index is 12.3. The lowest BCUT2D eigenvalue weighted by atomic mass is 10.1. The van der Waals surface area contributed by atoms with Gasteiger partial charge in [0.15, 0.2) is 0 Å². The smallest absolute Gasteiger partial charge is 0.266 e. The highest BCUT2D eigenvalue weighted by Crippen LogP contribution is 2.26. The Morgan fingerprint density at radius 1 is 1.10 bits per heavy atom. The number of pyridine rings is 1. The molecule has 9 heteroatoms. The molecule has 0 aliphatic heterocycles. The van der Waals surface area contributed by atoms with E-state index in [1.165, 1.54) is 5.56 Å². The van der Waals surface area contributed by atoms with Crippen LogP contribution in [-0.4, -0.2) is 59.6 Å². The predicted molar refractivity (Wildman–Crippen MR) is 118 cm³/mol. The number of carbonyl (C=O) groups is 1. The summed E-state index contributed by atoms with van der Waals surface area (Å²) in [6, 6.07) is 12.3. The standard InChI is InChI=1S/C19H21N3O.C2H7NO3S/c1-13-5-8-15(9-6-13)19-16(11-18(23)21(3)4)22-12-14(2)7-10-17(22)20-19;3-1-2-7(4,5)6/h5-10,12H,11H2,1-4H3;1-3H2,(H,4,5,6). The second-order valence-electron chi connectivity index (χ2n) is 7.25. The van der Waals surface area contributed by atoms with Crippen molar-refractivity contribution in [3.05, 3.63) is 59.4 Å². The lowest BCUT2D eigenvalue weighted by Gasteiger charge is -2.11. The lowest BCUT2D eigenvalue weighted by Crippen LogP contribution is -2.24. The van der Waals surface area contributed by atoms with Crippen LogP contribution in [-0.2, 0) is 21.3 Å². The number of aromatic nitrogens is 2. The summed E-state index contributed by atoms with van der Waals surface area (Å²) < 4.78 is 29.4. The van der Waals surface area contributed by atoms with Crippen molar-refractivity contribution >= 4 is 21.7 Å². The zero-order valence-electron chi connectivity index (χ0n) is 17.7. The Balaban J connectivity index is 0.000000396. The molecule has 0 bridgehead atoms. The summed E-state index contributed by atoms with van der Waals surface area (Å²) in [6.07, 6.45) is 2.37. The van der Waals surface area contributed by atoms with E-state index in [1.54, 1.807) is 19.0 Å². The van der Waals surface area contributed by atoms with Crippen molar-refractivity contribution in [1.82, 2.24) is 14.3 Å². The molecule has 3 rings (SSSR count). The second kappa shape index (κ2) is 9.84. The van der Waals surface area contributed by atoms with E-state index in [2.05, 4.69) is 31.2 Å². The van der Waals surface area contributed by atoms with Gasteiger partial charge in [-0.05, 0) is 25.5 Å². The minimum Gasteiger partial charge on any atom is -0.348 e. The zero-order chi connectivity index (χ0) is 22.5. The van der Waals surface area contributed by atoms with Gasteiger partial charge in [0.05, 0.1) is 23.6 Å². The topological polar surface area (TPSA) is 118 Å². The zero-order valence-corrected chi connectivity index (χ0v) is 18.5. The number of rotatable bonds is 5. The van der Waals surface area contributed by atoms with Crippen molar-refractivity contribution in [3.8, 4) is 11.3 Å². The molecule has 162 valence electrons. The highest BCUT2D eigenvalue weighted by molar-refractivity contribution is 7.85. The van der Waals surface area contributed by atoms with Gasteiger partial charge < -0.3 is 15.0 Å². The van der Waals surface area contributed by atoms with Crippen molar-refractivity contribution in [3.63, 3.8) is 0 Å². The Kier molecular flexibility index (Phi) is 7.71. The fourth-order valence-electron chi connectivity index (χ4n) is 2.76. The molecule has 0 aliphatic carbocycles. The molecule has 2 heterocycles. The Hall–Kier alpha value is -2.75. The van der Waals surface area contributed by atoms with Gasteiger partial charge in [0.2, 0.25) is 5.91 Å². The summed E-state index contributed by atoms with van der Waals surface area (Å²) in [7, 11) is -0.239. The quantitative estimate of drug-likeness (QED) is 0.596. The van der Waals surface area contributed by atoms with Crippen LogP contribution in [0.1, 0.15) is 16.8 Å². The second-order valence-corrected chi connectivity index (χ2v) is 8.82. The number of hydrogen-bond donors (Lipinski definition) is 2. The Morgan fingerprint density at radius 3 is 2.20 bits per heavy atom. The van der Waals surface area contributed by atoms with E-state index < -0.39 is 10.1 Å². The van der Waals surface area contributed by atoms with Gasteiger partial charge in [0.25, 0.3) is 10.1 Å². The first-order valence-electron chi connectivity index (χ1n) is 9.42. The van der Waals surface area contributed by atoms with E-state index >= 15 is 0 Å². The number of amides is 1. The predicted octanol–water partition coefficient (Wildman–Crippen LogP) is 2.08. The van der Waals surface area contributed by atoms with E-state index in [0.717, 1.165) is 28.2 Å². The Labute approximate surface area is 177 Å². The maximum Gasteiger partial charge on any atom is 0.266 e. The minimum atomic E-state index is -3.80. The largest absolute Gasteiger partial charge is 0.348 e. The van der Waals surface area contributed by atoms with Crippen molar-refractivity contribution in [2.75, 3.05) is 26.4 Å². The maximum atomic E-state index is 12.3. The third-order valence-electron chi connectivity index (χ3n) is 4.38. The van der Waals surface area contributed by atoms with Gasteiger partial charge in [-0.1, -0.05) is 35.9 Å². The molecule has 3 N–H and O–H groups in total. The summed E-state index contributed by atoms with van der Waals surface area (Å²) in [5.41, 5.74) is 10.9.